The molecule has 0 aliphatic carbocycles. The predicted octanol–water partition coefficient (Wildman–Crippen LogP) is 2.04. The molecule has 1 aliphatic heterocycles. The second-order valence-electron chi connectivity index (χ2n) is 6.52. The van der Waals surface area contributed by atoms with Crippen LogP contribution in [0.3, 0.4) is 0 Å². The lowest BCUT2D eigenvalue weighted by molar-refractivity contribution is -0.139. The van der Waals surface area contributed by atoms with Crippen LogP contribution in [-0.4, -0.2) is 57.4 Å². The van der Waals surface area contributed by atoms with Gasteiger partial charge < -0.3 is 24.8 Å². The number of methoxy groups -OCH3 is 2. The van der Waals surface area contributed by atoms with Gasteiger partial charge in [-0.3, -0.25) is 4.90 Å². The highest BCUT2D eigenvalue weighted by Crippen LogP contribution is 2.26. The van der Waals surface area contributed by atoms with Crippen LogP contribution in [0.1, 0.15) is 25.8 Å². The third-order valence-corrected chi connectivity index (χ3v) is 4.51. The van der Waals surface area contributed by atoms with Crippen LogP contribution in [-0.2, 0) is 16.1 Å². The summed E-state index contributed by atoms with van der Waals surface area (Å²) < 4.78 is 15.9. The number of benzene rings is 1. The van der Waals surface area contributed by atoms with E-state index in [0.717, 1.165) is 5.56 Å². The fourth-order valence-corrected chi connectivity index (χ4v) is 3.19. The van der Waals surface area contributed by atoms with Crippen LogP contribution in [0.4, 0.5) is 4.79 Å². The number of nitrogens with zero attached hydrogens (tertiary/aromatic N) is 1. The molecule has 8 heteroatoms. The first-order valence-corrected chi connectivity index (χ1v) is 9.30. The van der Waals surface area contributed by atoms with Crippen LogP contribution in [0, 0.1) is 0 Å². The van der Waals surface area contributed by atoms with E-state index in [2.05, 4.69) is 10.6 Å². The summed E-state index contributed by atoms with van der Waals surface area (Å²) in [6.07, 6.45) is 0.598. The monoisotopic (exact) mass is 391 g/mol. The van der Waals surface area contributed by atoms with Crippen LogP contribution in [0.15, 0.2) is 29.5 Å². The summed E-state index contributed by atoms with van der Waals surface area (Å²) in [7, 11) is 5.13. The second-order valence-corrected chi connectivity index (χ2v) is 6.52. The zero-order valence-electron chi connectivity index (χ0n) is 17.1. The molecule has 28 heavy (non-hydrogen) atoms. The van der Waals surface area contributed by atoms with Crippen molar-refractivity contribution in [3.8, 4) is 11.5 Å². The number of carbonyl (C=O) groups excluding carboxylic acids is 2. The van der Waals surface area contributed by atoms with Crippen molar-refractivity contribution < 1.29 is 23.8 Å². The van der Waals surface area contributed by atoms with Gasteiger partial charge in [-0.2, -0.15) is 0 Å². The Balaban J connectivity index is 2.24. The van der Waals surface area contributed by atoms with E-state index in [4.69, 9.17) is 14.2 Å². The number of esters is 1. The molecule has 8 nitrogen and oxygen atoms in total. The second kappa shape index (κ2) is 9.98. The summed E-state index contributed by atoms with van der Waals surface area (Å²) in [6.45, 7) is 4.90. The molecule has 0 bridgehead atoms. The minimum Gasteiger partial charge on any atom is -0.497 e. The van der Waals surface area contributed by atoms with Crippen molar-refractivity contribution in [2.24, 2.45) is 0 Å². The van der Waals surface area contributed by atoms with Gasteiger partial charge in [0.25, 0.3) is 0 Å². The average molecular weight is 391 g/mol. The molecule has 0 spiro atoms. The molecule has 0 unspecified atom stereocenters. The molecular weight excluding hydrogens is 362 g/mol. The summed E-state index contributed by atoms with van der Waals surface area (Å²) >= 11 is 0. The van der Waals surface area contributed by atoms with E-state index in [0.29, 0.717) is 42.3 Å². The zero-order valence-corrected chi connectivity index (χ0v) is 17.1. The highest BCUT2D eigenvalue weighted by molar-refractivity contribution is 5.94. The van der Waals surface area contributed by atoms with E-state index in [9.17, 15) is 9.59 Å². The van der Waals surface area contributed by atoms with Crippen LogP contribution < -0.4 is 20.1 Å². The van der Waals surface area contributed by atoms with Crippen molar-refractivity contribution in [1.29, 1.82) is 0 Å². The first-order chi connectivity index (χ1) is 13.4. The minimum atomic E-state index is -0.410. The number of nitrogens with one attached hydrogen (secondary N) is 2. The Morgan fingerprint density at radius 2 is 1.93 bits per heavy atom. The van der Waals surface area contributed by atoms with Gasteiger partial charge in [0.15, 0.2) is 0 Å². The molecule has 1 aromatic rings. The highest BCUT2D eigenvalue weighted by atomic mass is 16.5. The van der Waals surface area contributed by atoms with E-state index < -0.39 is 5.97 Å². The molecule has 0 saturated carbocycles. The number of carbonyl (C=O) groups is 2. The van der Waals surface area contributed by atoms with Gasteiger partial charge in [-0.1, -0.05) is 13.0 Å². The molecule has 154 valence electrons. The topological polar surface area (TPSA) is 89.1 Å². The molecule has 1 heterocycles. The Morgan fingerprint density at radius 3 is 2.54 bits per heavy atom. The quantitative estimate of drug-likeness (QED) is 0.627. The molecular formula is C20H29N3O5. The van der Waals surface area contributed by atoms with Crippen molar-refractivity contribution in [2.45, 2.75) is 32.9 Å². The first kappa shape index (κ1) is 21.6. The maximum atomic E-state index is 12.5. The number of hydrogen-bond donors (Lipinski definition) is 2. The van der Waals surface area contributed by atoms with Crippen LogP contribution >= 0.6 is 0 Å². The Labute approximate surface area is 165 Å². The molecule has 0 radical (unpaired) electrons. The van der Waals surface area contributed by atoms with E-state index in [1.165, 1.54) is 0 Å². The SMILES string of the molecule is CCOC(=O)C1=C(CN(C)Cc2ccc(OC)cc2OC)NC(=O)N[C@H]1CC. The lowest BCUT2D eigenvalue weighted by Gasteiger charge is -2.30. The maximum absolute atomic E-state index is 12.5. The third-order valence-electron chi connectivity index (χ3n) is 4.51. The fraction of sp³-hybridized carbons (Fsp3) is 0.500. The average Bonchev–Trinajstić information content (AvgIpc) is 2.67. The smallest absolute Gasteiger partial charge is 0.337 e. The molecule has 1 aliphatic rings. The standard InChI is InChI=1S/C20H29N3O5/c1-6-15-18(19(24)28-7-2)16(22-20(25)21-15)12-23(3)11-13-8-9-14(26-4)10-17(13)27-5/h8-10,15H,6-7,11-12H2,1-5H3,(H2,21,22,25)/t15-/m0/s1. The van der Waals surface area contributed by atoms with Gasteiger partial charge in [-0.15, -0.1) is 0 Å². The summed E-state index contributed by atoms with van der Waals surface area (Å²) in [5, 5.41) is 5.55. The minimum absolute atomic E-state index is 0.277. The fourth-order valence-electron chi connectivity index (χ4n) is 3.19. The number of hydrogen-bond acceptors (Lipinski definition) is 6. The normalized spacial score (nSPS) is 16.5. The van der Waals surface area contributed by atoms with Gasteiger partial charge in [-0.05, 0) is 26.5 Å². The molecule has 1 aromatic carbocycles. The summed E-state index contributed by atoms with van der Waals surface area (Å²) in [5.41, 5.74) is 2.00. The third kappa shape index (κ3) is 5.16. The largest absolute Gasteiger partial charge is 0.497 e. The highest BCUT2D eigenvalue weighted by Gasteiger charge is 2.31. The lowest BCUT2D eigenvalue weighted by Crippen LogP contribution is -2.51. The summed E-state index contributed by atoms with van der Waals surface area (Å²) in [4.78, 5) is 26.5. The zero-order chi connectivity index (χ0) is 20.7. The van der Waals surface area contributed by atoms with Crippen LogP contribution in [0.2, 0.25) is 0 Å². The van der Waals surface area contributed by atoms with Crippen LogP contribution in [0.25, 0.3) is 0 Å². The predicted molar refractivity (Wildman–Crippen MR) is 105 cm³/mol. The number of likely N-dealkylation sites (N-methyl/N-ethyl adjacent to an activating group) is 1. The summed E-state index contributed by atoms with van der Waals surface area (Å²) in [5.74, 6) is 1.02. The molecule has 2 rings (SSSR count). The number of rotatable bonds is 9. The van der Waals surface area contributed by atoms with E-state index in [1.807, 2.05) is 37.1 Å². The Bertz CT molecular complexity index is 747. The van der Waals surface area contributed by atoms with Gasteiger partial charge in [-0.25, -0.2) is 9.59 Å². The Morgan fingerprint density at radius 1 is 1.18 bits per heavy atom. The lowest BCUT2D eigenvalue weighted by atomic mass is 10.00. The van der Waals surface area contributed by atoms with Gasteiger partial charge in [0, 0.05) is 30.4 Å². The van der Waals surface area contributed by atoms with Crippen molar-refractivity contribution in [2.75, 3.05) is 34.4 Å². The van der Waals surface area contributed by atoms with Gasteiger partial charge in [0.1, 0.15) is 11.5 Å². The summed E-state index contributed by atoms with van der Waals surface area (Å²) in [6, 6.07) is 4.95. The van der Waals surface area contributed by atoms with E-state index in [-0.39, 0.29) is 18.7 Å². The number of amides is 2. The van der Waals surface area contributed by atoms with Crippen molar-refractivity contribution in [3.05, 3.63) is 35.0 Å². The molecule has 0 aromatic heterocycles. The molecule has 1 atom stereocenters. The molecule has 2 amide bonds. The Kier molecular flexibility index (Phi) is 7.69. The van der Waals surface area contributed by atoms with E-state index >= 15 is 0 Å². The van der Waals surface area contributed by atoms with Gasteiger partial charge >= 0.3 is 12.0 Å². The van der Waals surface area contributed by atoms with Crippen LogP contribution in [0.5, 0.6) is 11.5 Å². The first-order valence-electron chi connectivity index (χ1n) is 9.30. The van der Waals surface area contributed by atoms with Crippen molar-refractivity contribution in [3.63, 3.8) is 0 Å². The number of ether oxygens (including phenoxy) is 3. The van der Waals surface area contributed by atoms with Crippen molar-refractivity contribution in [1.82, 2.24) is 15.5 Å². The van der Waals surface area contributed by atoms with E-state index in [1.54, 1.807) is 21.1 Å². The Hall–Kier alpha value is -2.74. The van der Waals surface area contributed by atoms with Crippen molar-refractivity contribution >= 4 is 12.0 Å². The molecule has 0 saturated heterocycles. The van der Waals surface area contributed by atoms with Gasteiger partial charge in [0.05, 0.1) is 32.4 Å². The van der Waals surface area contributed by atoms with Gasteiger partial charge in [0.2, 0.25) is 0 Å². The molecule has 2 N–H and O–H groups in total. The molecule has 0 fully saturated rings. The number of urea groups is 1. The maximum Gasteiger partial charge on any atom is 0.337 e.